The number of hydrogen-bond acceptors (Lipinski definition) is 4. The van der Waals surface area contributed by atoms with E-state index in [1.807, 2.05) is 0 Å². The Balaban J connectivity index is 3.20. The molecule has 0 aliphatic heterocycles. The minimum atomic E-state index is -1.27. The molecule has 0 bridgehead atoms. The van der Waals surface area contributed by atoms with E-state index in [4.69, 9.17) is 14.9 Å². The number of carbonyl (C=O) groups is 2. The van der Waals surface area contributed by atoms with E-state index >= 15 is 0 Å². The summed E-state index contributed by atoms with van der Waals surface area (Å²) in [5, 5.41) is 17.4. The normalized spacial score (nSPS) is 9.67. The number of pyridine rings is 1. The van der Waals surface area contributed by atoms with Gasteiger partial charge in [-0.2, -0.15) is 0 Å². The molecule has 1 aromatic heterocycles. The summed E-state index contributed by atoms with van der Waals surface area (Å²) in [7, 11) is 0. The Hall–Kier alpha value is -2.11. The van der Waals surface area contributed by atoms with Crippen molar-refractivity contribution < 1.29 is 24.5 Å². The van der Waals surface area contributed by atoms with Crippen molar-refractivity contribution in [3.8, 4) is 5.88 Å². The molecule has 0 atom stereocenters. The molecule has 0 fully saturated rings. The van der Waals surface area contributed by atoms with E-state index in [2.05, 4.69) is 4.98 Å². The van der Waals surface area contributed by atoms with Crippen molar-refractivity contribution in [1.82, 2.24) is 4.98 Å². The minimum absolute atomic E-state index is 0.0741. The highest BCUT2D eigenvalue weighted by atomic mass is 16.5. The van der Waals surface area contributed by atoms with Crippen LogP contribution in [0.4, 0.5) is 0 Å². The highest BCUT2D eigenvalue weighted by Crippen LogP contribution is 2.16. The van der Waals surface area contributed by atoms with E-state index in [1.165, 1.54) is 0 Å². The zero-order valence-electron chi connectivity index (χ0n) is 7.93. The van der Waals surface area contributed by atoms with Gasteiger partial charge in [0.25, 0.3) is 0 Å². The van der Waals surface area contributed by atoms with Gasteiger partial charge in [0.05, 0.1) is 12.2 Å². The Morgan fingerprint density at radius 1 is 1.40 bits per heavy atom. The van der Waals surface area contributed by atoms with Crippen LogP contribution in [-0.4, -0.2) is 33.7 Å². The van der Waals surface area contributed by atoms with Gasteiger partial charge in [-0.05, 0) is 13.0 Å². The molecule has 1 rings (SSSR count). The van der Waals surface area contributed by atoms with Crippen LogP contribution in [0.15, 0.2) is 12.3 Å². The Labute approximate surface area is 85.1 Å². The molecule has 15 heavy (non-hydrogen) atoms. The van der Waals surface area contributed by atoms with Crippen LogP contribution < -0.4 is 4.74 Å². The number of aromatic carboxylic acids is 2. The summed E-state index contributed by atoms with van der Waals surface area (Å²) in [6.45, 7) is 1.94. The third kappa shape index (κ3) is 2.43. The number of carboxylic acid groups (broad SMARTS) is 2. The van der Waals surface area contributed by atoms with E-state index < -0.39 is 11.9 Å². The molecule has 80 valence electrons. The summed E-state index contributed by atoms with van der Waals surface area (Å²) in [5.74, 6) is -2.57. The summed E-state index contributed by atoms with van der Waals surface area (Å²) in [5.41, 5.74) is -0.437. The molecule has 2 N–H and O–H groups in total. The Kier molecular flexibility index (Phi) is 3.22. The second kappa shape index (κ2) is 4.41. The van der Waals surface area contributed by atoms with Crippen molar-refractivity contribution in [2.24, 2.45) is 0 Å². The van der Waals surface area contributed by atoms with E-state index in [0.717, 1.165) is 12.3 Å². The van der Waals surface area contributed by atoms with Crippen molar-refractivity contribution in [1.29, 1.82) is 0 Å². The van der Waals surface area contributed by atoms with Gasteiger partial charge in [0.1, 0.15) is 5.56 Å². The predicted octanol–water partition coefficient (Wildman–Crippen LogP) is 0.877. The second-order valence-corrected chi connectivity index (χ2v) is 2.62. The first-order chi connectivity index (χ1) is 7.06. The highest BCUT2D eigenvalue weighted by Gasteiger charge is 2.16. The van der Waals surface area contributed by atoms with E-state index in [0.29, 0.717) is 0 Å². The second-order valence-electron chi connectivity index (χ2n) is 2.62. The fourth-order valence-electron chi connectivity index (χ4n) is 0.974. The summed E-state index contributed by atoms with van der Waals surface area (Å²) >= 11 is 0. The van der Waals surface area contributed by atoms with Crippen LogP contribution in [0.2, 0.25) is 0 Å². The quantitative estimate of drug-likeness (QED) is 0.767. The molecule has 0 aliphatic rings. The molecule has 0 spiro atoms. The third-order valence-electron chi connectivity index (χ3n) is 1.61. The van der Waals surface area contributed by atoms with Gasteiger partial charge in [-0.25, -0.2) is 14.6 Å². The van der Waals surface area contributed by atoms with E-state index in [1.54, 1.807) is 6.92 Å². The van der Waals surface area contributed by atoms with Crippen LogP contribution >= 0.6 is 0 Å². The van der Waals surface area contributed by atoms with Crippen LogP contribution in [0.3, 0.4) is 0 Å². The SMILES string of the molecule is CCOc1ncc(C(=O)O)cc1C(=O)O. The molecule has 0 aromatic carbocycles. The summed E-state index contributed by atoms with van der Waals surface area (Å²) in [4.78, 5) is 25.0. The van der Waals surface area contributed by atoms with E-state index in [9.17, 15) is 9.59 Å². The van der Waals surface area contributed by atoms with Crippen LogP contribution in [0.25, 0.3) is 0 Å². The number of nitrogens with zero attached hydrogens (tertiary/aromatic N) is 1. The number of ether oxygens (including phenoxy) is 1. The molecule has 0 saturated carbocycles. The van der Waals surface area contributed by atoms with Crippen molar-refractivity contribution in [2.75, 3.05) is 6.61 Å². The monoisotopic (exact) mass is 211 g/mol. The first-order valence-corrected chi connectivity index (χ1v) is 4.15. The van der Waals surface area contributed by atoms with Gasteiger partial charge in [0, 0.05) is 6.20 Å². The maximum absolute atomic E-state index is 10.8. The maximum atomic E-state index is 10.8. The van der Waals surface area contributed by atoms with Gasteiger partial charge < -0.3 is 14.9 Å². The van der Waals surface area contributed by atoms with Crippen molar-refractivity contribution >= 4 is 11.9 Å². The standard InChI is InChI=1S/C9H9NO5/c1-2-15-7-6(9(13)14)3-5(4-10-7)8(11)12/h3-4H,2H2,1H3,(H,11,12)(H,13,14). The molecular formula is C9H9NO5. The lowest BCUT2D eigenvalue weighted by Crippen LogP contribution is -2.08. The van der Waals surface area contributed by atoms with Gasteiger partial charge in [-0.1, -0.05) is 0 Å². The van der Waals surface area contributed by atoms with Crippen molar-refractivity contribution in [3.05, 3.63) is 23.4 Å². The lowest BCUT2D eigenvalue weighted by molar-refractivity contribution is 0.0691. The van der Waals surface area contributed by atoms with Crippen molar-refractivity contribution in [2.45, 2.75) is 6.92 Å². The Bertz CT molecular complexity index is 401. The summed E-state index contributed by atoms with van der Waals surface area (Å²) in [6.07, 6.45) is 1.06. The van der Waals surface area contributed by atoms with Crippen LogP contribution in [0, 0.1) is 0 Å². The molecule has 0 radical (unpaired) electrons. The smallest absolute Gasteiger partial charge is 0.341 e. The van der Waals surface area contributed by atoms with Gasteiger partial charge in [-0.15, -0.1) is 0 Å². The number of carboxylic acids is 2. The maximum Gasteiger partial charge on any atom is 0.341 e. The molecule has 6 heteroatoms. The van der Waals surface area contributed by atoms with Crippen LogP contribution in [0.1, 0.15) is 27.6 Å². The minimum Gasteiger partial charge on any atom is -0.478 e. The fourth-order valence-corrected chi connectivity index (χ4v) is 0.974. The number of hydrogen-bond donors (Lipinski definition) is 2. The molecule has 0 unspecified atom stereocenters. The number of rotatable bonds is 4. The molecule has 6 nitrogen and oxygen atoms in total. The first kappa shape index (κ1) is 11.0. The highest BCUT2D eigenvalue weighted by molar-refractivity contribution is 5.94. The fraction of sp³-hybridized carbons (Fsp3) is 0.222. The average Bonchev–Trinajstić information content (AvgIpc) is 2.18. The lowest BCUT2D eigenvalue weighted by Gasteiger charge is -2.05. The van der Waals surface area contributed by atoms with Crippen LogP contribution in [0.5, 0.6) is 5.88 Å². The zero-order chi connectivity index (χ0) is 11.4. The first-order valence-electron chi connectivity index (χ1n) is 4.15. The van der Waals surface area contributed by atoms with Gasteiger partial charge in [-0.3, -0.25) is 0 Å². The molecule has 1 heterocycles. The summed E-state index contributed by atoms with van der Waals surface area (Å²) in [6, 6.07) is 1.02. The topological polar surface area (TPSA) is 96.7 Å². The number of aromatic nitrogens is 1. The van der Waals surface area contributed by atoms with Crippen LogP contribution in [-0.2, 0) is 0 Å². The third-order valence-corrected chi connectivity index (χ3v) is 1.61. The lowest BCUT2D eigenvalue weighted by atomic mass is 10.2. The largest absolute Gasteiger partial charge is 0.478 e. The zero-order valence-corrected chi connectivity index (χ0v) is 7.93. The average molecular weight is 211 g/mol. The summed E-state index contributed by atoms with van der Waals surface area (Å²) < 4.78 is 4.95. The van der Waals surface area contributed by atoms with Gasteiger partial charge in [0.15, 0.2) is 0 Å². The van der Waals surface area contributed by atoms with Gasteiger partial charge in [0.2, 0.25) is 5.88 Å². The Morgan fingerprint density at radius 2 is 2.07 bits per heavy atom. The van der Waals surface area contributed by atoms with E-state index in [-0.39, 0.29) is 23.6 Å². The molecule has 1 aromatic rings. The molecule has 0 aliphatic carbocycles. The molecule has 0 saturated heterocycles. The van der Waals surface area contributed by atoms with Gasteiger partial charge >= 0.3 is 11.9 Å². The Morgan fingerprint density at radius 3 is 2.53 bits per heavy atom. The molecule has 0 amide bonds. The predicted molar refractivity (Wildman–Crippen MR) is 49.3 cm³/mol. The van der Waals surface area contributed by atoms with Crippen molar-refractivity contribution in [3.63, 3.8) is 0 Å². The molecular weight excluding hydrogens is 202 g/mol.